The van der Waals surface area contributed by atoms with Crippen molar-refractivity contribution >= 4 is 17.5 Å². The summed E-state index contributed by atoms with van der Waals surface area (Å²) in [7, 11) is 3.17. The van der Waals surface area contributed by atoms with Crippen LogP contribution in [0, 0.1) is 0 Å². The molecule has 5 nitrogen and oxygen atoms in total. The molecule has 0 saturated heterocycles. The van der Waals surface area contributed by atoms with Gasteiger partial charge in [0.15, 0.2) is 6.29 Å². The number of aromatic nitrogens is 1. The van der Waals surface area contributed by atoms with Crippen molar-refractivity contribution in [3.05, 3.63) is 54.5 Å². The SMILES string of the molecule is COc1cc(N/C=C(/C=O)c2ccncc2)cc(OC)c1. The van der Waals surface area contributed by atoms with Crippen LogP contribution in [0.25, 0.3) is 5.57 Å². The fourth-order valence-electron chi connectivity index (χ4n) is 1.78. The Balaban J connectivity index is 2.24. The van der Waals surface area contributed by atoms with Crippen LogP contribution in [0.3, 0.4) is 0 Å². The molecule has 108 valence electrons. The molecule has 0 aliphatic carbocycles. The maximum Gasteiger partial charge on any atom is 0.152 e. The first kappa shape index (κ1) is 14.6. The first-order valence-electron chi connectivity index (χ1n) is 6.32. The van der Waals surface area contributed by atoms with Gasteiger partial charge in [-0.1, -0.05) is 0 Å². The Kier molecular flexibility index (Phi) is 4.93. The molecule has 0 aliphatic heterocycles. The van der Waals surface area contributed by atoms with Gasteiger partial charge in [-0.15, -0.1) is 0 Å². The maximum atomic E-state index is 11.2. The lowest BCUT2D eigenvalue weighted by molar-refractivity contribution is -0.103. The Bertz CT molecular complexity index is 617. The van der Waals surface area contributed by atoms with Crippen molar-refractivity contribution < 1.29 is 14.3 Å². The van der Waals surface area contributed by atoms with Crippen LogP contribution < -0.4 is 14.8 Å². The summed E-state index contributed by atoms with van der Waals surface area (Å²) in [5.41, 5.74) is 2.08. The second kappa shape index (κ2) is 7.09. The van der Waals surface area contributed by atoms with Gasteiger partial charge in [-0.2, -0.15) is 0 Å². The largest absolute Gasteiger partial charge is 0.497 e. The third-order valence-electron chi connectivity index (χ3n) is 2.89. The van der Waals surface area contributed by atoms with E-state index in [4.69, 9.17) is 9.47 Å². The number of methoxy groups -OCH3 is 2. The molecule has 1 N–H and O–H groups in total. The first-order chi connectivity index (χ1) is 10.3. The lowest BCUT2D eigenvalue weighted by atomic mass is 10.1. The fourth-order valence-corrected chi connectivity index (χ4v) is 1.78. The van der Waals surface area contributed by atoms with Crippen LogP contribution in [0.2, 0.25) is 0 Å². The molecule has 21 heavy (non-hydrogen) atoms. The summed E-state index contributed by atoms with van der Waals surface area (Å²) < 4.78 is 10.4. The molecule has 0 fully saturated rings. The van der Waals surface area contributed by atoms with Crippen LogP contribution in [0.15, 0.2) is 48.9 Å². The van der Waals surface area contributed by atoms with Crippen LogP contribution >= 0.6 is 0 Å². The molecule has 0 bridgehead atoms. The van der Waals surface area contributed by atoms with Gasteiger partial charge in [0.25, 0.3) is 0 Å². The van der Waals surface area contributed by atoms with Crippen molar-refractivity contribution in [1.82, 2.24) is 4.98 Å². The van der Waals surface area contributed by atoms with Crippen molar-refractivity contribution in [1.29, 1.82) is 0 Å². The van der Waals surface area contributed by atoms with E-state index in [-0.39, 0.29) is 0 Å². The van der Waals surface area contributed by atoms with Crippen molar-refractivity contribution in [3.63, 3.8) is 0 Å². The fraction of sp³-hybridized carbons (Fsp3) is 0.125. The maximum absolute atomic E-state index is 11.2. The number of aldehydes is 1. The highest BCUT2D eigenvalue weighted by atomic mass is 16.5. The first-order valence-corrected chi connectivity index (χ1v) is 6.32. The van der Waals surface area contributed by atoms with Crippen LogP contribution in [0.1, 0.15) is 5.56 Å². The topological polar surface area (TPSA) is 60.5 Å². The quantitative estimate of drug-likeness (QED) is 0.653. The van der Waals surface area contributed by atoms with Crippen LogP contribution in [0.4, 0.5) is 5.69 Å². The second-order valence-electron chi connectivity index (χ2n) is 4.20. The number of rotatable bonds is 6. The Hall–Kier alpha value is -2.82. The molecular weight excluding hydrogens is 268 g/mol. The summed E-state index contributed by atoms with van der Waals surface area (Å²) in [5.74, 6) is 1.34. The molecule has 1 aromatic carbocycles. The van der Waals surface area contributed by atoms with E-state index < -0.39 is 0 Å². The molecule has 1 heterocycles. The molecular formula is C16H16N2O3. The minimum Gasteiger partial charge on any atom is -0.497 e. The van der Waals surface area contributed by atoms with Gasteiger partial charge in [0.05, 0.1) is 14.2 Å². The number of carbonyl (C=O) groups excluding carboxylic acids is 1. The van der Waals surface area contributed by atoms with E-state index in [0.717, 1.165) is 17.5 Å². The summed E-state index contributed by atoms with van der Waals surface area (Å²) in [6.45, 7) is 0. The molecule has 2 aromatic rings. The zero-order valence-corrected chi connectivity index (χ0v) is 11.9. The van der Waals surface area contributed by atoms with E-state index >= 15 is 0 Å². The lowest BCUT2D eigenvalue weighted by Gasteiger charge is -2.09. The van der Waals surface area contributed by atoms with E-state index in [1.54, 1.807) is 51.0 Å². The predicted octanol–water partition coefficient (Wildman–Crippen LogP) is 2.75. The molecule has 1 aromatic heterocycles. The Labute approximate surface area is 123 Å². The lowest BCUT2D eigenvalue weighted by Crippen LogP contribution is -1.95. The molecule has 0 saturated carbocycles. The molecule has 2 rings (SSSR count). The zero-order valence-electron chi connectivity index (χ0n) is 11.9. The second-order valence-corrected chi connectivity index (χ2v) is 4.20. The number of hydrogen-bond acceptors (Lipinski definition) is 5. The standard InChI is InChI=1S/C16H16N2O3/c1-20-15-7-14(8-16(9-15)21-2)18-10-13(11-19)12-3-5-17-6-4-12/h3-11,18H,1-2H3/b13-10-. The van der Waals surface area contributed by atoms with E-state index in [1.165, 1.54) is 0 Å². The van der Waals surface area contributed by atoms with Crippen molar-refractivity contribution in [2.45, 2.75) is 0 Å². The third-order valence-corrected chi connectivity index (χ3v) is 2.89. The van der Waals surface area contributed by atoms with Gasteiger partial charge in [-0.25, -0.2) is 0 Å². The highest BCUT2D eigenvalue weighted by Crippen LogP contribution is 2.26. The molecule has 0 atom stereocenters. The minimum absolute atomic E-state index is 0.527. The number of allylic oxidation sites excluding steroid dienone is 1. The number of hydrogen-bond donors (Lipinski definition) is 1. The summed E-state index contributed by atoms with van der Waals surface area (Å²) in [6, 6.07) is 8.95. The molecule has 0 amide bonds. The van der Waals surface area contributed by atoms with E-state index in [0.29, 0.717) is 17.1 Å². The number of nitrogens with one attached hydrogen (secondary N) is 1. The van der Waals surface area contributed by atoms with Gasteiger partial charge < -0.3 is 14.8 Å². The van der Waals surface area contributed by atoms with Gasteiger partial charge in [-0.05, 0) is 17.7 Å². The van der Waals surface area contributed by atoms with Gasteiger partial charge in [0.2, 0.25) is 0 Å². The molecule has 0 radical (unpaired) electrons. The molecule has 0 unspecified atom stereocenters. The Morgan fingerprint density at radius 2 is 1.71 bits per heavy atom. The Morgan fingerprint density at radius 3 is 2.24 bits per heavy atom. The monoisotopic (exact) mass is 284 g/mol. The summed E-state index contributed by atoms with van der Waals surface area (Å²) in [4.78, 5) is 15.1. The average Bonchev–Trinajstić information content (AvgIpc) is 2.56. The van der Waals surface area contributed by atoms with E-state index in [1.807, 2.05) is 12.1 Å². The van der Waals surface area contributed by atoms with Crippen LogP contribution in [-0.4, -0.2) is 25.5 Å². The number of carbonyl (C=O) groups is 1. The third kappa shape index (κ3) is 3.82. The van der Waals surface area contributed by atoms with E-state index in [2.05, 4.69) is 10.3 Å². The van der Waals surface area contributed by atoms with Crippen molar-refractivity contribution in [2.75, 3.05) is 19.5 Å². The number of benzene rings is 1. The molecule has 0 aliphatic rings. The number of anilines is 1. The van der Waals surface area contributed by atoms with Crippen molar-refractivity contribution in [2.24, 2.45) is 0 Å². The summed E-state index contributed by atoms with van der Waals surface area (Å²) >= 11 is 0. The highest BCUT2D eigenvalue weighted by Gasteiger charge is 2.02. The molecule has 5 heteroatoms. The summed E-state index contributed by atoms with van der Waals surface area (Å²) in [6.07, 6.45) is 5.71. The minimum atomic E-state index is 0.527. The van der Waals surface area contributed by atoms with Gasteiger partial charge in [-0.3, -0.25) is 9.78 Å². The van der Waals surface area contributed by atoms with Gasteiger partial charge >= 0.3 is 0 Å². The van der Waals surface area contributed by atoms with Crippen LogP contribution in [0.5, 0.6) is 11.5 Å². The van der Waals surface area contributed by atoms with Gasteiger partial charge in [0, 0.05) is 48.1 Å². The number of nitrogens with zero attached hydrogens (tertiary/aromatic N) is 1. The van der Waals surface area contributed by atoms with Crippen LogP contribution in [-0.2, 0) is 4.79 Å². The van der Waals surface area contributed by atoms with Gasteiger partial charge in [0.1, 0.15) is 11.5 Å². The average molecular weight is 284 g/mol. The normalized spacial score (nSPS) is 10.9. The molecule has 0 spiro atoms. The number of pyridine rings is 1. The highest BCUT2D eigenvalue weighted by molar-refractivity contribution is 6.07. The van der Waals surface area contributed by atoms with E-state index in [9.17, 15) is 4.79 Å². The summed E-state index contributed by atoms with van der Waals surface area (Å²) in [5, 5.41) is 3.07. The predicted molar refractivity (Wildman–Crippen MR) is 81.4 cm³/mol. The Morgan fingerprint density at radius 1 is 1.10 bits per heavy atom. The van der Waals surface area contributed by atoms with Crippen molar-refractivity contribution in [3.8, 4) is 11.5 Å². The zero-order chi connectivity index (χ0) is 15.1. The smallest absolute Gasteiger partial charge is 0.152 e. The number of ether oxygens (including phenoxy) is 2.